The fourth-order valence-corrected chi connectivity index (χ4v) is 2.71. The van der Waals surface area contributed by atoms with Gasteiger partial charge in [0.15, 0.2) is 5.82 Å². The van der Waals surface area contributed by atoms with Crippen molar-refractivity contribution in [1.29, 1.82) is 0 Å². The summed E-state index contributed by atoms with van der Waals surface area (Å²) in [5.41, 5.74) is 0.110. The molecule has 1 spiro atoms. The molecule has 17 heavy (non-hydrogen) atoms. The lowest BCUT2D eigenvalue weighted by molar-refractivity contribution is -0.121. The largest absolute Gasteiger partial charge is 0.354 e. The molecule has 1 aliphatic carbocycles. The number of hydrogen-bond donors (Lipinski definition) is 2. The summed E-state index contributed by atoms with van der Waals surface area (Å²) in [6.07, 6.45) is 6.54. The Morgan fingerprint density at radius 1 is 1.29 bits per heavy atom. The number of aromatic nitrogens is 2. The Balaban J connectivity index is 1.98. The average Bonchev–Trinajstić information content (AvgIpc) is 2.32. The second-order valence-corrected chi connectivity index (χ2v) is 4.96. The summed E-state index contributed by atoms with van der Waals surface area (Å²) < 4.78 is 0. The van der Waals surface area contributed by atoms with Gasteiger partial charge >= 0.3 is 0 Å². The molecule has 0 radical (unpaired) electrons. The molecule has 2 aliphatic rings. The van der Waals surface area contributed by atoms with Crippen LogP contribution in [-0.2, 0) is 4.79 Å². The summed E-state index contributed by atoms with van der Waals surface area (Å²) in [5, 5.41) is 6.31. The summed E-state index contributed by atoms with van der Waals surface area (Å²) in [5.74, 6) is 0.655. The Morgan fingerprint density at radius 3 is 2.82 bits per heavy atom. The molecule has 0 atom stereocenters. The third-order valence-corrected chi connectivity index (χ3v) is 3.69. The summed E-state index contributed by atoms with van der Waals surface area (Å²) in [6, 6.07) is 0. The van der Waals surface area contributed by atoms with Gasteiger partial charge in [0.2, 0.25) is 11.2 Å². The fraction of sp³-hybridized carbons (Fsp3) is 0.545. The highest BCUT2D eigenvalue weighted by Gasteiger charge is 2.43. The van der Waals surface area contributed by atoms with Crippen LogP contribution in [0.2, 0.25) is 5.28 Å². The van der Waals surface area contributed by atoms with Gasteiger partial charge in [-0.25, -0.2) is 4.98 Å². The van der Waals surface area contributed by atoms with Crippen molar-refractivity contribution in [3.63, 3.8) is 0 Å². The number of amides is 1. The highest BCUT2D eigenvalue weighted by atomic mass is 35.5. The van der Waals surface area contributed by atoms with E-state index in [9.17, 15) is 4.79 Å². The van der Waals surface area contributed by atoms with Gasteiger partial charge in [-0.05, 0) is 24.4 Å². The van der Waals surface area contributed by atoms with Gasteiger partial charge in [-0.2, -0.15) is 4.98 Å². The predicted octanol–water partition coefficient (Wildman–Crippen LogP) is 2.20. The number of nitrogens with zero attached hydrogens (tertiary/aromatic N) is 2. The van der Waals surface area contributed by atoms with Crippen molar-refractivity contribution in [2.75, 3.05) is 10.6 Å². The Kier molecular flexibility index (Phi) is 2.43. The molecule has 2 heterocycles. The average molecular weight is 253 g/mol. The van der Waals surface area contributed by atoms with E-state index in [0.717, 1.165) is 25.7 Å². The predicted molar refractivity (Wildman–Crippen MR) is 65.1 cm³/mol. The molecule has 0 saturated heterocycles. The van der Waals surface area contributed by atoms with Gasteiger partial charge in [-0.1, -0.05) is 19.3 Å². The van der Waals surface area contributed by atoms with Crippen LogP contribution in [0, 0.1) is 0 Å². The third kappa shape index (κ3) is 1.74. The van der Waals surface area contributed by atoms with E-state index in [4.69, 9.17) is 11.6 Å². The maximum atomic E-state index is 12.2. The van der Waals surface area contributed by atoms with E-state index in [1.807, 2.05) is 0 Å². The normalized spacial score (nSPS) is 21.6. The summed E-state index contributed by atoms with van der Waals surface area (Å²) in [4.78, 5) is 20.1. The summed E-state index contributed by atoms with van der Waals surface area (Å²) >= 11 is 5.77. The Morgan fingerprint density at radius 2 is 2.06 bits per heavy atom. The van der Waals surface area contributed by atoms with E-state index < -0.39 is 5.54 Å². The number of halogens is 1. The molecule has 5 nitrogen and oxygen atoms in total. The zero-order valence-electron chi connectivity index (χ0n) is 9.29. The van der Waals surface area contributed by atoms with Crippen molar-refractivity contribution in [3.8, 4) is 0 Å². The second kappa shape index (κ2) is 3.84. The third-order valence-electron chi connectivity index (χ3n) is 3.51. The number of rotatable bonds is 0. The SMILES string of the molecule is O=C1Nc2cnc(Cl)nc2NC12CCCCC2. The van der Waals surface area contributed by atoms with E-state index in [1.165, 1.54) is 12.6 Å². The molecule has 0 aromatic carbocycles. The van der Waals surface area contributed by atoms with Gasteiger partial charge < -0.3 is 10.6 Å². The molecule has 0 bridgehead atoms. The van der Waals surface area contributed by atoms with Crippen LogP contribution in [0.15, 0.2) is 6.20 Å². The van der Waals surface area contributed by atoms with Crippen LogP contribution in [-0.4, -0.2) is 21.4 Å². The number of carbonyl (C=O) groups excluding carboxylic acids is 1. The van der Waals surface area contributed by atoms with Crippen LogP contribution in [0.5, 0.6) is 0 Å². The van der Waals surface area contributed by atoms with Crippen molar-refractivity contribution in [3.05, 3.63) is 11.5 Å². The highest BCUT2D eigenvalue weighted by Crippen LogP contribution is 2.37. The molecule has 90 valence electrons. The minimum Gasteiger partial charge on any atom is -0.354 e. The molecule has 1 fully saturated rings. The molecule has 2 N–H and O–H groups in total. The van der Waals surface area contributed by atoms with Crippen LogP contribution in [0.1, 0.15) is 32.1 Å². The van der Waals surface area contributed by atoms with Crippen LogP contribution in [0.25, 0.3) is 0 Å². The maximum absolute atomic E-state index is 12.2. The van der Waals surface area contributed by atoms with E-state index in [2.05, 4.69) is 20.6 Å². The Bertz CT molecular complexity index is 471. The molecule has 0 unspecified atom stereocenters. The molecule has 1 aliphatic heterocycles. The van der Waals surface area contributed by atoms with Crippen molar-refractivity contribution in [2.45, 2.75) is 37.6 Å². The topological polar surface area (TPSA) is 66.9 Å². The number of carbonyl (C=O) groups is 1. The number of hydrogen-bond acceptors (Lipinski definition) is 4. The zero-order chi connectivity index (χ0) is 11.9. The highest BCUT2D eigenvalue weighted by molar-refractivity contribution is 6.28. The monoisotopic (exact) mass is 252 g/mol. The second-order valence-electron chi connectivity index (χ2n) is 4.62. The summed E-state index contributed by atoms with van der Waals surface area (Å²) in [6.45, 7) is 0. The first-order valence-electron chi connectivity index (χ1n) is 5.82. The van der Waals surface area contributed by atoms with E-state index >= 15 is 0 Å². The number of nitrogens with one attached hydrogen (secondary N) is 2. The molecule has 1 aromatic heterocycles. The van der Waals surface area contributed by atoms with Crippen molar-refractivity contribution < 1.29 is 4.79 Å². The Labute approximate surface area is 104 Å². The fourth-order valence-electron chi connectivity index (χ4n) is 2.58. The first-order valence-corrected chi connectivity index (χ1v) is 6.20. The Hall–Kier alpha value is -1.36. The zero-order valence-corrected chi connectivity index (χ0v) is 10.0. The van der Waals surface area contributed by atoms with Gasteiger partial charge in [0, 0.05) is 0 Å². The number of anilines is 2. The minimum absolute atomic E-state index is 0.0237. The van der Waals surface area contributed by atoms with Gasteiger partial charge in [0.1, 0.15) is 11.2 Å². The first-order chi connectivity index (χ1) is 8.20. The molecule has 6 heteroatoms. The molecule has 1 aromatic rings. The molecule has 3 rings (SSSR count). The molecule has 1 saturated carbocycles. The minimum atomic E-state index is -0.497. The van der Waals surface area contributed by atoms with Crippen LogP contribution in [0.3, 0.4) is 0 Å². The van der Waals surface area contributed by atoms with E-state index in [-0.39, 0.29) is 11.2 Å². The van der Waals surface area contributed by atoms with Gasteiger partial charge in [0.25, 0.3) is 0 Å². The van der Waals surface area contributed by atoms with Crippen molar-refractivity contribution >= 4 is 29.0 Å². The smallest absolute Gasteiger partial charge is 0.250 e. The lowest BCUT2D eigenvalue weighted by atomic mass is 9.80. The van der Waals surface area contributed by atoms with Crippen molar-refractivity contribution in [2.24, 2.45) is 0 Å². The quantitative estimate of drug-likeness (QED) is 0.695. The lowest BCUT2D eigenvalue weighted by Gasteiger charge is -2.40. The maximum Gasteiger partial charge on any atom is 0.250 e. The van der Waals surface area contributed by atoms with E-state index in [1.54, 1.807) is 0 Å². The molecular formula is C11H13ClN4O. The summed E-state index contributed by atoms with van der Waals surface area (Å²) in [7, 11) is 0. The lowest BCUT2D eigenvalue weighted by Crippen LogP contribution is -2.53. The van der Waals surface area contributed by atoms with Crippen LogP contribution >= 0.6 is 11.6 Å². The first kappa shape index (κ1) is 10.8. The van der Waals surface area contributed by atoms with E-state index in [0.29, 0.717) is 11.5 Å². The van der Waals surface area contributed by atoms with Gasteiger partial charge in [-0.3, -0.25) is 4.79 Å². The van der Waals surface area contributed by atoms with Crippen LogP contribution in [0.4, 0.5) is 11.5 Å². The van der Waals surface area contributed by atoms with Gasteiger partial charge in [0.05, 0.1) is 6.20 Å². The standard InChI is InChI=1S/C11H13ClN4O/c12-10-13-6-7-8(15-10)16-11(9(17)14-7)4-2-1-3-5-11/h6H,1-5H2,(H,14,17)(H,13,15,16). The van der Waals surface area contributed by atoms with Crippen molar-refractivity contribution in [1.82, 2.24) is 9.97 Å². The van der Waals surface area contributed by atoms with Crippen LogP contribution < -0.4 is 10.6 Å². The number of fused-ring (bicyclic) bond motifs is 1. The molecule has 1 amide bonds. The van der Waals surface area contributed by atoms with Gasteiger partial charge in [-0.15, -0.1) is 0 Å². The molecular weight excluding hydrogens is 240 g/mol.